The van der Waals surface area contributed by atoms with E-state index in [2.05, 4.69) is 21.2 Å². The predicted molar refractivity (Wildman–Crippen MR) is 166 cm³/mol. The van der Waals surface area contributed by atoms with E-state index in [-0.39, 0.29) is 29.1 Å². The van der Waals surface area contributed by atoms with Gasteiger partial charge in [-0.1, -0.05) is 83.2 Å². The minimum absolute atomic E-state index is 0.0473. The summed E-state index contributed by atoms with van der Waals surface area (Å²) in [6.07, 6.45) is 5.10. The normalized spacial score (nSPS) is 14.7. The number of anilines is 1. The van der Waals surface area contributed by atoms with Gasteiger partial charge in [-0.15, -0.1) is 0 Å². The Morgan fingerprint density at radius 2 is 1.71 bits per heavy atom. The maximum atomic E-state index is 14.1. The number of nitrogens with zero attached hydrogens (tertiary/aromatic N) is 2. The van der Waals surface area contributed by atoms with Crippen molar-refractivity contribution >= 4 is 55.1 Å². The van der Waals surface area contributed by atoms with Crippen LogP contribution in [-0.2, 0) is 26.2 Å². The van der Waals surface area contributed by atoms with Gasteiger partial charge in [0, 0.05) is 22.1 Å². The Labute approximate surface area is 256 Å². The molecule has 0 heterocycles. The second-order valence-corrected chi connectivity index (χ2v) is 13.6. The van der Waals surface area contributed by atoms with E-state index >= 15 is 0 Å². The van der Waals surface area contributed by atoms with Crippen LogP contribution in [0.5, 0.6) is 0 Å². The van der Waals surface area contributed by atoms with Crippen molar-refractivity contribution in [2.24, 2.45) is 0 Å². The molecule has 1 aliphatic rings. The first-order valence-electron chi connectivity index (χ1n) is 13.7. The standard InChI is InChI=1S/C31H35BrClN3O4S/c1-22-16-17-27(19-29(22)33)36(41(39,40)28-14-7-4-8-15-28)21-30(37)35(20-24-10-9-11-25(32)18-24)23(2)31(38)34-26-12-5-3-6-13-26/h4,7-11,14-19,23,26H,3,5-6,12-13,20-21H2,1-2H3,(H,34,38). The number of rotatable bonds is 10. The van der Waals surface area contributed by atoms with Crippen molar-refractivity contribution in [1.82, 2.24) is 10.2 Å². The fourth-order valence-corrected chi connectivity index (χ4v) is 7.02. The molecule has 10 heteroatoms. The van der Waals surface area contributed by atoms with Crippen LogP contribution >= 0.6 is 27.5 Å². The van der Waals surface area contributed by atoms with Gasteiger partial charge in [-0.2, -0.15) is 0 Å². The van der Waals surface area contributed by atoms with Crippen molar-refractivity contribution in [1.29, 1.82) is 0 Å². The molecular weight excluding hydrogens is 626 g/mol. The molecule has 7 nitrogen and oxygen atoms in total. The Morgan fingerprint density at radius 1 is 1.00 bits per heavy atom. The van der Waals surface area contributed by atoms with Crippen molar-refractivity contribution < 1.29 is 18.0 Å². The highest BCUT2D eigenvalue weighted by Gasteiger charge is 2.33. The van der Waals surface area contributed by atoms with Crippen LogP contribution in [0, 0.1) is 6.92 Å². The summed E-state index contributed by atoms with van der Waals surface area (Å²) in [5, 5.41) is 3.50. The lowest BCUT2D eigenvalue weighted by molar-refractivity contribution is -0.139. The van der Waals surface area contributed by atoms with Crippen molar-refractivity contribution in [3.8, 4) is 0 Å². The Balaban J connectivity index is 1.68. The number of benzene rings is 3. The molecule has 0 bridgehead atoms. The average Bonchev–Trinajstić information content (AvgIpc) is 2.96. The third kappa shape index (κ3) is 7.90. The molecule has 1 fully saturated rings. The first-order valence-corrected chi connectivity index (χ1v) is 16.4. The second kappa shape index (κ2) is 13.9. The molecule has 4 rings (SSSR count). The highest BCUT2D eigenvalue weighted by molar-refractivity contribution is 9.10. The summed E-state index contributed by atoms with van der Waals surface area (Å²) in [6.45, 7) is 3.13. The second-order valence-electron chi connectivity index (χ2n) is 10.4. The van der Waals surface area contributed by atoms with E-state index in [0.717, 1.165) is 52.0 Å². The van der Waals surface area contributed by atoms with E-state index in [1.807, 2.05) is 31.2 Å². The summed E-state index contributed by atoms with van der Waals surface area (Å²) in [4.78, 5) is 29.0. The highest BCUT2D eigenvalue weighted by Crippen LogP contribution is 2.29. The molecule has 218 valence electrons. The number of nitrogens with one attached hydrogen (secondary N) is 1. The molecule has 0 aromatic heterocycles. The maximum Gasteiger partial charge on any atom is 0.264 e. The van der Waals surface area contributed by atoms with Crippen LogP contribution in [0.2, 0.25) is 5.02 Å². The zero-order chi connectivity index (χ0) is 29.6. The lowest BCUT2D eigenvalue weighted by atomic mass is 9.95. The number of hydrogen-bond acceptors (Lipinski definition) is 4. The Morgan fingerprint density at radius 3 is 2.37 bits per heavy atom. The van der Waals surface area contributed by atoms with Crippen LogP contribution in [0.4, 0.5) is 5.69 Å². The molecule has 1 N–H and O–H groups in total. The van der Waals surface area contributed by atoms with Gasteiger partial charge >= 0.3 is 0 Å². The molecular formula is C31H35BrClN3O4S. The molecule has 41 heavy (non-hydrogen) atoms. The monoisotopic (exact) mass is 659 g/mol. The molecule has 0 aliphatic heterocycles. The van der Waals surface area contributed by atoms with Crippen molar-refractivity contribution in [2.45, 2.75) is 69.5 Å². The molecule has 2 amide bonds. The molecule has 3 aromatic rings. The Kier molecular flexibility index (Phi) is 10.5. The van der Waals surface area contributed by atoms with Crippen LogP contribution in [0.15, 0.2) is 82.2 Å². The minimum Gasteiger partial charge on any atom is -0.352 e. The van der Waals surface area contributed by atoms with Gasteiger partial charge < -0.3 is 10.2 Å². The summed E-state index contributed by atoms with van der Waals surface area (Å²) in [5.41, 5.74) is 1.85. The molecule has 1 unspecified atom stereocenters. The van der Waals surface area contributed by atoms with Gasteiger partial charge in [-0.05, 0) is 74.2 Å². The number of carbonyl (C=O) groups is 2. The SMILES string of the molecule is Cc1ccc(N(CC(=O)N(Cc2cccc(Br)c2)C(C)C(=O)NC2CCCCC2)S(=O)(=O)c2ccccc2)cc1Cl. The van der Waals surface area contributed by atoms with Gasteiger partial charge in [0.05, 0.1) is 10.6 Å². The molecule has 3 aromatic carbocycles. The fourth-order valence-electron chi connectivity index (χ4n) is 4.97. The predicted octanol–water partition coefficient (Wildman–Crippen LogP) is 6.47. The Bertz CT molecular complexity index is 1480. The summed E-state index contributed by atoms with van der Waals surface area (Å²) in [5.74, 6) is -0.761. The summed E-state index contributed by atoms with van der Waals surface area (Å²) < 4.78 is 29.7. The van der Waals surface area contributed by atoms with E-state index in [9.17, 15) is 18.0 Å². The van der Waals surface area contributed by atoms with E-state index in [1.54, 1.807) is 43.3 Å². The number of halogens is 2. The smallest absolute Gasteiger partial charge is 0.264 e. The topological polar surface area (TPSA) is 86.8 Å². The van der Waals surface area contributed by atoms with Crippen LogP contribution in [-0.4, -0.2) is 43.8 Å². The first kappa shape index (κ1) is 31.1. The van der Waals surface area contributed by atoms with E-state index in [0.29, 0.717) is 5.02 Å². The third-order valence-corrected chi connectivity index (χ3v) is 10.1. The van der Waals surface area contributed by atoms with E-state index in [4.69, 9.17) is 11.6 Å². The fraction of sp³-hybridized carbons (Fsp3) is 0.355. The van der Waals surface area contributed by atoms with E-state index in [1.165, 1.54) is 17.0 Å². The number of carbonyl (C=O) groups excluding carboxylic acids is 2. The third-order valence-electron chi connectivity index (χ3n) is 7.41. The molecule has 1 aliphatic carbocycles. The van der Waals surface area contributed by atoms with Gasteiger partial charge in [0.2, 0.25) is 11.8 Å². The minimum atomic E-state index is -4.14. The molecule has 0 saturated heterocycles. The largest absolute Gasteiger partial charge is 0.352 e. The summed E-state index contributed by atoms with van der Waals surface area (Å²) >= 11 is 9.86. The first-order chi connectivity index (χ1) is 19.6. The van der Waals surface area contributed by atoms with Crippen molar-refractivity contribution in [2.75, 3.05) is 10.8 Å². The quantitative estimate of drug-likeness (QED) is 0.270. The molecule has 1 saturated carbocycles. The van der Waals surface area contributed by atoms with E-state index < -0.39 is 28.5 Å². The summed E-state index contributed by atoms with van der Waals surface area (Å²) in [7, 11) is -4.14. The maximum absolute atomic E-state index is 14.1. The van der Waals surface area contributed by atoms with Gasteiger partial charge in [-0.25, -0.2) is 8.42 Å². The number of amides is 2. The zero-order valence-corrected chi connectivity index (χ0v) is 26.4. The summed E-state index contributed by atoms with van der Waals surface area (Å²) in [6, 6.07) is 19.6. The molecule has 1 atom stereocenters. The lowest BCUT2D eigenvalue weighted by Crippen LogP contribution is -2.53. The van der Waals surface area contributed by atoms with Crippen LogP contribution in [0.25, 0.3) is 0 Å². The molecule has 0 radical (unpaired) electrons. The highest BCUT2D eigenvalue weighted by atomic mass is 79.9. The van der Waals surface area contributed by atoms with Gasteiger partial charge in [0.1, 0.15) is 12.6 Å². The number of aryl methyl sites for hydroxylation is 1. The van der Waals surface area contributed by atoms with Gasteiger partial charge in [-0.3, -0.25) is 13.9 Å². The number of sulfonamides is 1. The lowest BCUT2D eigenvalue weighted by Gasteiger charge is -2.33. The molecule has 0 spiro atoms. The number of hydrogen-bond donors (Lipinski definition) is 1. The van der Waals surface area contributed by atoms with Gasteiger partial charge in [0.25, 0.3) is 10.0 Å². The zero-order valence-electron chi connectivity index (χ0n) is 23.2. The average molecular weight is 661 g/mol. The van der Waals surface area contributed by atoms with Crippen molar-refractivity contribution in [3.63, 3.8) is 0 Å². The van der Waals surface area contributed by atoms with Crippen LogP contribution in [0.3, 0.4) is 0 Å². The van der Waals surface area contributed by atoms with Gasteiger partial charge in [0.15, 0.2) is 0 Å². The van der Waals surface area contributed by atoms with Crippen LogP contribution < -0.4 is 9.62 Å². The van der Waals surface area contributed by atoms with Crippen molar-refractivity contribution in [3.05, 3.63) is 93.4 Å². The van der Waals surface area contributed by atoms with Crippen LogP contribution in [0.1, 0.15) is 50.2 Å². The Hall–Kier alpha value is -2.88.